The highest BCUT2D eigenvalue weighted by Crippen LogP contribution is 2.22. The van der Waals surface area contributed by atoms with Crippen molar-refractivity contribution >= 4 is 0 Å². The van der Waals surface area contributed by atoms with Gasteiger partial charge < -0.3 is 4.74 Å². The summed E-state index contributed by atoms with van der Waals surface area (Å²) in [6, 6.07) is 6.37. The zero-order valence-corrected chi connectivity index (χ0v) is 9.08. The van der Waals surface area contributed by atoms with Crippen LogP contribution >= 0.6 is 0 Å². The van der Waals surface area contributed by atoms with Gasteiger partial charge in [0.15, 0.2) is 0 Å². The van der Waals surface area contributed by atoms with Crippen molar-refractivity contribution in [2.75, 3.05) is 0 Å². The number of rotatable bonds is 3. The molecule has 2 rings (SSSR count). The molecule has 1 aromatic carbocycles. The largest absolute Gasteiger partial charge is 0.373 e. The highest BCUT2D eigenvalue weighted by Gasteiger charge is 2.16. The fraction of sp³-hybridized carbons (Fsp3) is 0.462. The minimum Gasteiger partial charge on any atom is -0.373 e. The smallest absolute Gasteiger partial charge is 0.128 e. The maximum absolute atomic E-state index is 13.4. The summed E-state index contributed by atoms with van der Waals surface area (Å²) >= 11 is 0. The van der Waals surface area contributed by atoms with Crippen molar-refractivity contribution in [2.45, 2.75) is 38.4 Å². The van der Waals surface area contributed by atoms with Gasteiger partial charge in [-0.15, -0.1) is 0 Å². The highest BCUT2D eigenvalue weighted by atomic mass is 19.1. The predicted octanol–water partition coefficient (Wildman–Crippen LogP) is 3.16. The van der Waals surface area contributed by atoms with Crippen LogP contribution in [0.3, 0.4) is 0 Å². The van der Waals surface area contributed by atoms with Gasteiger partial charge in [-0.05, 0) is 31.0 Å². The lowest BCUT2D eigenvalue weighted by molar-refractivity contribution is 0.0441. The van der Waals surface area contributed by atoms with Gasteiger partial charge in [-0.25, -0.2) is 4.39 Å². The third-order valence-corrected chi connectivity index (χ3v) is 2.95. The molecule has 0 saturated heterocycles. The monoisotopic (exact) mass is 219 g/mol. The average molecular weight is 219 g/mol. The maximum Gasteiger partial charge on any atom is 0.128 e. The Kier molecular flexibility index (Phi) is 3.53. The average Bonchev–Trinajstić information content (AvgIpc) is 2.81. The molecule has 0 aliphatic heterocycles. The molecule has 2 nitrogen and oxygen atoms in total. The number of ether oxygens (including phenoxy) is 1. The Morgan fingerprint density at radius 3 is 2.81 bits per heavy atom. The quantitative estimate of drug-likeness (QED) is 0.782. The van der Waals surface area contributed by atoms with E-state index in [1.54, 1.807) is 6.07 Å². The van der Waals surface area contributed by atoms with E-state index in [0.29, 0.717) is 11.1 Å². The molecular formula is C13H14FNO. The summed E-state index contributed by atoms with van der Waals surface area (Å²) in [5.41, 5.74) is 0.956. The van der Waals surface area contributed by atoms with E-state index in [4.69, 9.17) is 10.00 Å². The Hall–Kier alpha value is -1.40. The number of benzene rings is 1. The summed E-state index contributed by atoms with van der Waals surface area (Å²) in [6.45, 7) is 0.270. The fourth-order valence-electron chi connectivity index (χ4n) is 2.02. The molecule has 1 fully saturated rings. The standard InChI is InChI=1S/C13H14FNO/c14-13-6-5-10(8-15)7-11(13)9-16-12-3-1-2-4-12/h5-7,12H,1-4,9H2. The van der Waals surface area contributed by atoms with Crippen molar-refractivity contribution in [1.29, 1.82) is 5.26 Å². The van der Waals surface area contributed by atoms with E-state index in [9.17, 15) is 4.39 Å². The zero-order valence-electron chi connectivity index (χ0n) is 9.08. The van der Waals surface area contributed by atoms with Crippen LogP contribution < -0.4 is 0 Å². The van der Waals surface area contributed by atoms with Crippen molar-refractivity contribution in [3.05, 3.63) is 35.1 Å². The van der Waals surface area contributed by atoms with E-state index in [1.165, 1.54) is 25.0 Å². The van der Waals surface area contributed by atoms with E-state index in [0.717, 1.165) is 12.8 Å². The van der Waals surface area contributed by atoms with Crippen LogP contribution in [0.5, 0.6) is 0 Å². The van der Waals surface area contributed by atoms with Gasteiger partial charge in [0.05, 0.1) is 24.3 Å². The Balaban J connectivity index is 2.00. The van der Waals surface area contributed by atoms with Gasteiger partial charge in [-0.3, -0.25) is 0 Å². The molecule has 0 atom stereocenters. The van der Waals surface area contributed by atoms with E-state index < -0.39 is 0 Å². The van der Waals surface area contributed by atoms with Gasteiger partial charge >= 0.3 is 0 Å². The van der Waals surface area contributed by atoms with Gasteiger partial charge in [0, 0.05) is 5.56 Å². The molecule has 0 amide bonds. The number of nitriles is 1. The molecule has 0 heterocycles. The van der Waals surface area contributed by atoms with Crippen molar-refractivity contribution in [1.82, 2.24) is 0 Å². The maximum atomic E-state index is 13.4. The molecule has 0 aromatic heterocycles. The summed E-state index contributed by atoms with van der Waals surface area (Å²) < 4.78 is 19.0. The summed E-state index contributed by atoms with van der Waals surface area (Å²) in [5, 5.41) is 8.72. The number of hydrogen-bond acceptors (Lipinski definition) is 2. The van der Waals surface area contributed by atoms with Crippen LogP contribution in [0.1, 0.15) is 36.8 Å². The van der Waals surface area contributed by atoms with Gasteiger partial charge in [-0.1, -0.05) is 12.8 Å². The van der Waals surface area contributed by atoms with Crippen LogP contribution in [0.25, 0.3) is 0 Å². The summed E-state index contributed by atoms with van der Waals surface area (Å²) in [6.07, 6.45) is 4.81. The van der Waals surface area contributed by atoms with E-state index >= 15 is 0 Å². The molecule has 1 aromatic rings. The Morgan fingerprint density at radius 2 is 2.12 bits per heavy atom. The van der Waals surface area contributed by atoms with Crippen LogP contribution in [0, 0.1) is 17.1 Å². The first kappa shape index (κ1) is 11.1. The molecular weight excluding hydrogens is 205 g/mol. The third-order valence-electron chi connectivity index (χ3n) is 2.95. The third kappa shape index (κ3) is 2.59. The van der Waals surface area contributed by atoms with Gasteiger partial charge in [0.1, 0.15) is 5.82 Å². The van der Waals surface area contributed by atoms with Crippen molar-refractivity contribution < 1.29 is 9.13 Å². The van der Waals surface area contributed by atoms with Gasteiger partial charge in [0.2, 0.25) is 0 Å². The van der Waals surface area contributed by atoms with Crippen LogP contribution in [-0.4, -0.2) is 6.10 Å². The number of hydrogen-bond donors (Lipinski definition) is 0. The van der Waals surface area contributed by atoms with Crippen molar-refractivity contribution in [3.8, 4) is 6.07 Å². The molecule has 1 aliphatic carbocycles. The summed E-state index contributed by atoms with van der Waals surface area (Å²) in [5.74, 6) is -0.294. The Bertz CT molecular complexity index is 405. The normalized spacial score (nSPS) is 16.2. The zero-order chi connectivity index (χ0) is 11.4. The molecule has 0 N–H and O–H groups in total. The van der Waals surface area contributed by atoms with E-state index in [-0.39, 0.29) is 18.5 Å². The van der Waals surface area contributed by atoms with E-state index in [1.807, 2.05) is 6.07 Å². The highest BCUT2D eigenvalue weighted by molar-refractivity contribution is 5.33. The van der Waals surface area contributed by atoms with Crippen LogP contribution in [0.4, 0.5) is 4.39 Å². The second-order valence-corrected chi connectivity index (χ2v) is 4.14. The van der Waals surface area contributed by atoms with Crippen LogP contribution in [-0.2, 0) is 11.3 Å². The predicted molar refractivity (Wildman–Crippen MR) is 58.2 cm³/mol. The number of nitrogens with zero attached hydrogens (tertiary/aromatic N) is 1. The van der Waals surface area contributed by atoms with Crippen molar-refractivity contribution in [3.63, 3.8) is 0 Å². The summed E-state index contributed by atoms with van der Waals surface area (Å²) in [4.78, 5) is 0. The molecule has 3 heteroatoms. The molecule has 16 heavy (non-hydrogen) atoms. The van der Waals surface area contributed by atoms with Gasteiger partial charge in [-0.2, -0.15) is 5.26 Å². The SMILES string of the molecule is N#Cc1ccc(F)c(COC2CCCC2)c1. The second-order valence-electron chi connectivity index (χ2n) is 4.14. The molecule has 1 saturated carbocycles. The second kappa shape index (κ2) is 5.09. The first-order valence-corrected chi connectivity index (χ1v) is 5.60. The first-order valence-electron chi connectivity index (χ1n) is 5.60. The number of halogens is 1. The van der Waals surface area contributed by atoms with Gasteiger partial charge in [0.25, 0.3) is 0 Å². The minimum atomic E-state index is -0.294. The molecule has 0 radical (unpaired) electrons. The topological polar surface area (TPSA) is 33.0 Å². The summed E-state index contributed by atoms with van der Waals surface area (Å²) in [7, 11) is 0. The lowest BCUT2D eigenvalue weighted by Crippen LogP contribution is -2.08. The van der Waals surface area contributed by atoms with Crippen LogP contribution in [0.15, 0.2) is 18.2 Å². The molecule has 0 bridgehead atoms. The van der Waals surface area contributed by atoms with Crippen molar-refractivity contribution in [2.24, 2.45) is 0 Å². The Morgan fingerprint density at radius 1 is 1.38 bits per heavy atom. The van der Waals surface area contributed by atoms with Crippen LogP contribution in [0.2, 0.25) is 0 Å². The first-order chi connectivity index (χ1) is 7.79. The molecule has 0 unspecified atom stereocenters. The lowest BCUT2D eigenvalue weighted by Gasteiger charge is -2.11. The lowest BCUT2D eigenvalue weighted by atomic mass is 10.1. The van der Waals surface area contributed by atoms with E-state index in [2.05, 4.69) is 0 Å². The molecule has 84 valence electrons. The minimum absolute atomic E-state index is 0.269. The molecule has 1 aliphatic rings. The Labute approximate surface area is 94.7 Å². The molecule has 0 spiro atoms. The fourth-order valence-corrected chi connectivity index (χ4v) is 2.02.